The van der Waals surface area contributed by atoms with Gasteiger partial charge in [0.25, 0.3) is 5.91 Å². The van der Waals surface area contributed by atoms with E-state index in [4.69, 9.17) is 0 Å². The number of hydrogen-bond acceptors (Lipinski definition) is 1. The first-order chi connectivity index (χ1) is 10.6. The van der Waals surface area contributed by atoms with E-state index < -0.39 is 0 Å². The van der Waals surface area contributed by atoms with Crippen LogP contribution >= 0.6 is 0 Å². The topological polar surface area (TPSA) is 29.1 Å². The Morgan fingerprint density at radius 3 is 2.14 bits per heavy atom. The van der Waals surface area contributed by atoms with Gasteiger partial charge in [-0.05, 0) is 87.2 Å². The molecule has 5 rings (SSSR count). The molecule has 0 aliphatic heterocycles. The van der Waals surface area contributed by atoms with Gasteiger partial charge in [-0.1, -0.05) is 17.7 Å². The summed E-state index contributed by atoms with van der Waals surface area (Å²) in [5.74, 6) is 3.09. The van der Waals surface area contributed by atoms with Crippen molar-refractivity contribution in [3.63, 3.8) is 0 Å². The first-order valence-electron chi connectivity index (χ1n) is 8.97. The van der Waals surface area contributed by atoms with Gasteiger partial charge in [0.15, 0.2) is 0 Å². The smallest absolute Gasteiger partial charge is 0.251 e. The third kappa shape index (κ3) is 2.68. The molecule has 0 saturated heterocycles. The number of carbonyl (C=O) groups excluding carboxylic acids is 1. The summed E-state index contributed by atoms with van der Waals surface area (Å²) in [5.41, 5.74) is 2.55. The molecule has 1 aromatic rings. The lowest BCUT2D eigenvalue weighted by molar-refractivity contribution is -0.0564. The van der Waals surface area contributed by atoms with Crippen molar-refractivity contribution in [3.05, 3.63) is 35.4 Å². The molecule has 1 amide bonds. The van der Waals surface area contributed by atoms with Crippen molar-refractivity contribution in [1.29, 1.82) is 0 Å². The van der Waals surface area contributed by atoms with Crippen molar-refractivity contribution in [3.8, 4) is 0 Å². The van der Waals surface area contributed by atoms with E-state index in [1.165, 1.54) is 50.5 Å². The molecule has 4 fully saturated rings. The number of carbonyl (C=O) groups is 1. The average Bonchev–Trinajstić information content (AvgIpc) is 2.46. The fraction of sp³-hybridized carbons (Fsp3) is 0.650. The molecule has 4 saturated carbocycles. The van der Waals surface area contributed by atoms with Crippen LogP contribution in [0, 0.1) is 30.1 Å². The summed E-state index contributed by atoms with van der Waals surface area (Å²) < 4.78 is 0. The first-order valence-corrected chi connectivity index (χ1v) is 8.97. The molecule has 0 heterocycles. The van der Waals surface area contributed by atoms with Crippen molar-refractivity contribution < 1.29 is 4.79 Å². The van der Waals surface area contributed by atoms with E-state index in [0.717, 1.165) is 29.9 Å². The van der Waals surface area contributed by atoms with Crippen molar-refractivity contribution in [2.24, 2.45) is 23.2 Å². The summed E-state index contributed by atoms with van der Waals surface area (Å²) >= 11 is 0. The molecule has 2 nitrogen and oxygen atoms in total. The number of benzene rings is 1. The number of aryl methyl sites for hydroxylation is 1. The normalized spacial score (nSPS) is 35.6. The third-order valence-corrected chi connectivity index (χ3v) is 6.42. The predicted molar refractivity (Wildman–Crippen MR) is 88.7 cm³/mol. The zero-order valence-electron chi connectivity index (χ0n) is 13.6. The van der Waals surface area contributed by atoms with Gasteiger partial charge in [-0.2, -0.15) is 0 Å². The second-order valence-electron chi connectivity index (χ2n) is 8.29. The van der Waals surface area contributed by atoms with Crippen LogP contribution in [0.4, 0.5) is 0 Å². The fourth-order valence-corrected chi connectivity index (χ4v) is 5.84. The van der Waals surface area contributed by atoms with Crippen molar-refractivity contribution in [2.75, 3.05) is 6.54 Å². The largest absolute Gasteiger partial charge is 0.352 e. The quantitative estimate of drug-likeness (QED) is 0.880. The molecule has 0 atom stereocenters. The minimum atomic E-state index is 0.0877. The Labute approximate surface area is 133 Å². The first kappa shape index (κ1) is 14.3. The van der Waals surface area contributed by atoms with Gasteiger partial charge in [-0.3, -0.25) is 4.79 Å². The van der Waals surface area contributed by atoms with Gasteiger partial charge in [-0.15, -0.1) is 0 Å². The maximum absolute atomic E-state index is 12.2. The monoisotopic (exact) mass is 297 g/mol. The predicted octanol–water partition coefficient (Wildman–Crippen LogP) is 4.33. The molecule has 4 bridgehead atoms. The molecule has 4 aliphatic rings. The molecule has 1 N–H and O–H groups in total. The van der Waals surface area contributed by atoms with Gasteiger partial charge in [-0.25, -0.2) is 0 Å². The maximum atomic E-state index is 12.2. The molecule has 118 valence electrons. The lowest BCUT2D eigenvalue weighted by Crippen LogP contribution is -2.47. The highest BCUT2D eigenvalue weighted by Crippen LogP contribution is 2.61. The number of rotatable bonds is 4. The van der Waals surface area contributed by atoms with Crippen LogP contribution in [0.3, 0.4) is 0 Å². The lowest BCUT2D eigenvalue weighted by atomic mass is 9.49. The van der Waals surface area contributed by atoms with E-state index in [9.17, 15) is 4.79 Å². The summed E-state index contributed by atoms with van der Waals surface area (Å²) in [7, 11) is 0. The van der Waals surface area contributed by atoms with Gasteiger partial charge in [0, 0.05) is 12.1 Å². The Hall–Kier alpha value is -1.31. The Balaban J connectivity index is 1.33. The SMILES string of the molecule is Cc1ccc(C(=O)NCCC23CC4CC(CC(C4)C2)C3)cc1. The van der Waals surface area contributed by atoms with Crippen LogP contribution in [0.15, 0.2) is 24.3 Å². The number of nitrogens with one attached hydrogen (secondary N) is 1. The van der Waals surface area contributed by atoms with E-state index in [1.807, 2.05) is 24.3 Å². The highest BCUT2D eigenvalue weighted by Gasteiger charge is 2.50. The lowest BCUT2D eigenvalue weighted by Gasteiger charge is -2.57. The number of hydrogen-bond donors (Lipinski definition) is 1. The molecular formula is C20H27NO. The second-order valence-corrected chi connectivity index (χ2v) is 8.29. The zero-order valence-corrected chi connectivity index (χ0v) is 13.6. The molecule has 0 spiro atoms. The summed E-state index contributed by atoms with van der Waals surface area (Å²) in [4.78, 5) is 12.2. The Kier molecular flexibility index (Phi) is 3.51. The van der Waals surface area contributed by atoms with Crippen LogP contribution in [-0.2, 0) is 0 Å². The Bertz CT molecular complexity index is 524. The average molecular weight is 297 g/mol. The van der Waals surface area contributed by atoms with Crippen LogP contribution in [0.2, 0.25) is 0 Å². The Morgan fingerprint density at radius 2 is 1.59 bits per heavy atom. The molecule has 2 heteroatoms. The van der Waals surface area contributed by atoms with E-state index in [-0.39, 0.29) is 5.91 Å². The van der Waals surface area contributed by atoms with Crippen molar-refractivity contribution >= 4 is 5.91 Å². The van der Waals surface area contributed by atoms with E-state index >= 15 is 0 Å². The highest BCUT2D eigenvalue weighted by atomic mass is 16.1. The number of amides is 1. The van der Waals surface area contributed by atoms with Crippen LogP contribution in [0.5, 0.6) is 0 Å². The molecule has 0 radical (unpaired) electrons. The van der Waals surface area contributed by atoms with E-state index in [1.54, 1.807) is 0 Å². The van der Waals surface area contributed by atoms with E-state index in [2.05, 4.69) is 12.2 Å². The summed E-state index contributed by atoms with van der Waals surface area (Å²) in [6, 6.07) is 7.87. The molecule has 1 aromatic carbocycles. The van der Waals surface area contributed by atoms with Gasteiger partial charge in [0.1, 0.15) is 0 Å². The minimum Gasteiger partial charge on any atom is -0.352 e. The second kappa shape index (κ2) is 5.40. The Morgan fingerprint density at radius 1 is 1.05 bits per heavy atom. The molecule has 0 unspecified atom stereocenters. The standard InChI is InChI=1S/C20H27NO/c1-14-2-4-18(5-3-14)19(22)21-7-6-20-11-15-8-16(12-20)10-17(9-15)13-20/h2-5,15-17H,6-13H2,1H3,(H,21,22). The maximum Gasteiger partial charge on any atom is 0.251 e. The van der Waals surface area contributed by atoms with Gasteiger partial charge in [0.05, 0.1) is 0 Å². The summed E-state index contributed by atoms with van der Waals surface area (Å²) in [5, 5.41) is 3.15. The fourth-order valence-electron chi connectivity index (χ4n) is 5.84. The van der Waals surface area contributed by atoms with Crippen LogP contribution < -0.4 is 5.32 Å². The minimum absolute atomic E-state index is 0.0877. The van der Waals surface area contributed by atoms with Crippen LogP contribution in [0.1, 0.15) is 60.9 Å². The third-order valence-electron chi connectivity index (χ3n) is 6.42. The van der Waals surface area contributed by atoms with Gasteiger partial charge < -0.3 is 5.32 Å². The molecule has 4 aliphatic carbocycles. The van der Waals surface area contributed by atoms with Crippen LogP contribution in [0.25, 0.3) is 0 Å². The van der Waals surface area contributed by atoms with Gasteiger partial charge in [0.2, 0.25) is 0 Å². The summed E-state index contributed by atoms with van der Waals surface area (Å²) in [6.07, 6.45) is 9.96. The zero-order chi connectivity index (χ0) is 15.2. The molecule has 22 heavy (non-hydrogen) atoms. The van der Waals surface area contributed by atoms with Gasteiger partial charge >= 0.3 is 0 Å². The van der Waals surface area contributed by atoms with E-state index in [0.29, 0.717) is 5.41 Å². The van der Waals surface area contributed by atoms with Crippen molar-refractivity contribution in [1.82, 2.24) is 5.32 Å². The molecular weight excluding hydrogens is 270 g/mol. The van der Waals surface area contributed by atoms with Crippen LogP contribution in [-0.4, -0.2) is 12.5 Å². The van der Waals surface area contributed by atoms with Crippen molar-refractivity contribution in [2.45, 2.75) is 51.9 Å². The molecule has 0 aromatic heterocycles. The summed E-state index contributed by atoms with van der Waals surface area (Å²) in [6.45, 7) is 2.90. The highest BCUT2D eigenvalue weighted by molar-refractivity contribution is 5.94.